The first kappa shape index (κ1) is 12.7. The molecule has 0 unspecified atom stereocenters. The van der Waals surface area contributed by atoms with E-state index in [1.54, 1.807) is 0 Å². The Morgan fingerprint density at radius 3 is 2.11 bits per heavy atom. The fourth-order valence-electron chi connectivity index (χ4n) is 4.99. The van der Waals surface area contributed by atoms with Crippen molar-refractivity contribution >= 4 is 0 Å². The summed E-state index contributed by atoms with van der Waals surface area (Å²) in [7, 11) is 0. The van der Waals surface area contributed by atoms with E-state index in [4.69, 9.17) is 9.78 Å². The molecule has 4 bridgehead atoms. The second-order valence-corrected chi connectivity index (χ2v) is 6.92. The summed E-state index contributed by atoms with van der Waals surface area (Å²) in [6, 6.07) is 0. The molecule has 18 heavy (non-hydrogen) atoms. The topological polar surface area (TPSA) is 18.5 Å². The highest BCUT2D eigenvalue weighted by atomic mass is 17.2. The van der Waals surface area contributed by atoms with Crippen molar-refractivity contribution in [1.82, 2.24) is 0 Å². The Balaban J connectivity index is 1.72. The van der Waals surface area contributed by atoms with E-state index in [-0.39, 0.29) is 5.60 Å². The predicted molar refractivity (Wildman–Crippen MR) is 71.9 cm³/mol. The number of hydrogen-bond donors (Lipinski definition) is 0. The van der Waals surface area contributed by atoms with Crippen molar-refractivity contribution in [3.63, 3.8) is 0 Å². The molecule has 0 aromatic carbocycles. The van der Waals surface area contributed by atoms with Crippen LogP contribution in [0.5, 0.6) is 0 Å². The molecule has 0 heterocycles. The highest BCUT2D eigenvalue weighted by molar-refractivity contribution is 5.07. The fourth-order valence-corrected chi connectivity index (χ4v) is 4.99. The largest absolute Gasteiger partial charge is 0.232 e. The summed E-state index contributed by atoms with van der Waals surface area (Å²) in [5.74, 6) is 3.45. The molecule has 4 aliphatic rings. The lowest BCUT2D eigenvalue weighted by Crippen LogP contribution is -2.58. The van der Waals surface area contributed by atoms with Crippen LogP contribution >= 0.6 is 0 Å². The number of rotatable bonds is 5. The van der Waals surface area contributed by atoms with E-state index in [1.807, 2.05) is 6.92 Å². The summed E-state index contributed by atoms with van der Waals surface area (Å²) in [5.41, 5.74) is 1.05. The van der Waals surface area contributed by atoms with Crippen molar-refractivity contribution in [3.05, 3.63) is 12.2 Å². The van der Waals surface area contributed by atoms with Gasteiger partial charge in [0.15, 0.2) is 0 Å². The third-order valence-corrected chi connectivity index (χ3v) is 5.59. The molecule has 2 heteroatoms. The molecule has 0 atom stereocenters. The van der Waals surface area contributed by atoms with Crippen LogP contribution in [0.3, 0.4) is 0 Å². The van der Waals surface area contributed by atoms with Crippen molar-refractivity contribution in [2.75, 3.05) is 6.61 Å². The van der Waals surface area contributed by atoms with E-state index in [9.17, 15) is 0 Å². The smallest absolute Gasteiger partial charge is 0.109 e. The van der Waals surface area contributed by atoms with Gasteiger partial charge in [0.1, 0.15) is 12.2 Å². The van der Waals surface area contributed by atoms with Gasteiger partial charge in [0.25, 0.3) is 0 Å². The van der Waals surface area contributed by atoms with Gasteiger partial charge in [-0.1, -0.05) is 19.1 Å². The van der Waals surface area contributed by atoms with Crippen molar-refractivity contribution in [2.45, 2.75) is 58.0 Å². The minimum atomic E-state index is 0.0167. The highest BCUT2D eigenvalue weighted by Gasteiger charge is 2.58. The lowest BCUT2D eigenvalue weighted by atomic mass is 9.49. The van der Waals surface area contributed by atoms with Crippen LogP contribution < -0.4 is 0 Å². The Kier molecular flexibility index (Phi) is 3.27. The molecule has 0 amide bonds. The normalized spacial score (nSPS) is 45.4. The average Bonchev–Trinajstić information content (AvgIpc) is 2.32. The zero-order chi connectivity index (χ0) is 12.8. The number of hydrogen-bond acceptors (Lipinski definition) is 2. The Bertz CT molecular complexity index is 306. The molecular formula is C16H26O2. The van der Waals surface area contributed by atoms with Crippen molar-refractivity contribution < 1.29 is 9.78 Å². The minimum Gasteiger partial charge on any atom is -0.232 e. The van der Waals surface area contributed by atoms with Crippen LogP contribution in [0.25, 0.3) is 0 Å². The second kappa shape index (κ2) is 4.64. The zero-order valence-corrected chi connectivity index (χ0v) is 11.8. The van der Waals surface area contributed by atoms with Crippen LogP contribution in [0.4, 0.5) is 0 Å². The van der Waals surface area contributed by atoms with Gasteiger partial charge >= 0.3 is 0 Å². The monoisotopic (exact) mass is 250 g/mol. The van der Waals surface area contributed by atoms with E-state index in [1.165, 1.54) is 32.1 Å². The quantitative estimate of drug-likeness (QED) is 0.415. The second-order valence-electron chi connectivity index (χ2n) is 6.92. The van der Waals surface area contributed by atoms with Gasteiger partial charge in [0, 0.05) is 0 Å². The first-order valence-corrected chi connectivity index (χ1v) is 7.59. The standard InChI is InChI=1S/C16H26O2/c1-4-16(18-17-10-11(2)3)14-6-12-5-13(8-14)9-15(16)7-12/h12-15H,2,4-10H2,1,3H3. The molecular weight excluding hydrogens is 224 g/mol. The fraction of sp³-hybridized carbons (Fsp3) is 0.875. The summed E-state index contributed by atoms with van der Waals surface area (Å²) in [5, 5.41) is 0. The highest BCUT2D eigenvalue weighted by Crippen LogP contribution is 2.60. The molecule has 0 radical (unpaired) electrons. The lowest BCUT2D eigenvalue weighted by Gasteiger charge is -2.59. The summed E-state index contributed by atoms with van der Waals surface area (Å²) >= 11 is 0. The summed E-state index contributed by atoms with van der Waals surface area (Å²) < 4.78 is 0. The minimum absolute atomic E-state index is 0.0167. The van der Waals surface area contributed by atoms with Gasteiger partial charge in [0.05, 0.1) is 0 Å². The molecule has 0 N–H and O–H groups in total. The van der Waals surface area contributed by atoms with Gasteiger partial charge in [-0.2, -0.15) is 0 Å². The molecule has 102 valence electrons. The molecule has 0 aromatic heterocycles. The third-order valence-electron chi connectivity index (χ3n) is 5.59. The third kappa shape index (κ3) is 1.94. The van der Waals surface area contributed by atoms with Crippen LogP contribution in [0.2, 0.25) is 0 Å². The summed E-state index contributed by atoms with van der Waals surface area (Å²) in [6.45, 7) is 8.66. The van der Waals surface area contributed by atoms with Gasteiger partial charge < -0.3 is 0 Å². The molecule has 4 saturated carbocycles. The summed E-state index contributed by atoms with van der Waals surface area (Å²) in [4.78, 5) is 11.5. The van der Waals surface area contributed by atoms with Crippen LogP contribution in [-0.4, -0.2) is 12.2 Å². The van der Waals surface area contributed by atoms with Crippen molar-refractivity contribution in [3.8, 4) is 0 Å². The Morgan fingerprint density at radius 2 is 1.67 bits per heavy atom. The maximum atomic E-state index is 6.01. The molecule has 0 spiro atoms. The van der Waals surface area contributed by atoms with E-state index >= 15 is 0 Å². The van der Waals surface area contributed by atoms with E-state index in [0.29, 0.717) is 6.61 Å². The van der Waals surface area contributed by atoms with Gasteiger partial charge in [-0.3, -0.25) is 0 Å². The van der Waals surface area contributed by atoms with Crippen LogP contribution in [0.1, 0.15) is 52.4 Å². The van der Waals surface area contributed by atoms with Gasteiger partial charge in [-0.15, -0.1) is 0 Å². The molecule has 4 rings (SSSR count). The van der Waals surface area contributed by atoms with Crippen molar-refractivity contribution in [2.24, 2.45) is 23.7 Å². The van der Waals surface area contributed by atoms with Crippen LogP contribution in [0.15, 0.2) is 12.2 Å². The van der Waals surface area contributed by atoms with Gasteiger partial charge in [0.2, 0.25) is 0 Å². The van der Waals surface area contributed by atoms with Gasteiger partial charge in [-0.25, -0.2) is 9.78 Å². The Labute approximate surface area is 111 Å². The Morgan fingerprint density at radius 1 is 1.11 bits per heavy atom. The molecule has 4 fully saturated rings. The van der Waals surface area contributed by atoms with Crippen LogP contribution in [0, 0.1) is 23.7 Å². The van der Waals surface area contributed by atoms with E-state index in [2.05, 4.69) is 13.5 Å². The first-order chi connectivity index (χ1) is 8.64. The molecule has 2 nitrogen and oxygen atoms in total. The van der Waals surface area contributed by atoms with Gasteiger partial charge in [-0.05, 0) is 69.1 Å². The lowest BCUT2D eigenvalue weighted by molar-refractivity contribution is -0.401. The molecule has 0 aromatic rings. The van der Waals surface area contributed by atoms with Crippen LogP contribution in [-0.2, 0) is 9.78 Å². The predicted octanol–water partition coefficient (Wildman–Crippen LogP) is 4.12. The Hall–Kier alpha value is -0.340. The SMILES string of the molecule is C=C(C)COOC1(CC)C2CC3CC(C2)CC1C3. The van der Waals surface area contributed by atoms with Crippen molar-refractivity contribution in [1.29, 1.82) is 0 Å². The average molecular weight is 250 g/mol. The summed E-state index contributed by atoms with van der Waals surface area (Å²) in [6.07, 6.45) is 8.07. The maximum absolute atomic E-state index is 6.01. The molecule has 0 saturated heterocycles. The molecule has 4 aliphatic carbocycles. The maximum Gasteiger partial charge on any atom is 0.109 e. The van der Waals surface area contributed by atoms with E-state index in [0.717, 1.165) is 35.7 Å². The first-order valence-electron chi connectivity index (χ1n) is 7.59. The van der Waals surface area contributed by atoms with E-state index < -0.39 is 0 Å². The molecule has 0 aliphatic heterocycles. The zero-order valence-electron chi connectivity index (χ0n) is 11.8.